The Balaban J connectivity index is 1.83. The average Bonchev–Trinajstić information content (AvgIpc) is 2.51. The minimum absolute atomic E-state index is 0.0536. The van der Waals surface area contributed by atoms with E-state index in [1.807, 2.05) is 58.0 Å². The van der Waals surface area contributed by atoms with Gasteiger partial charge in [-0.05, 0) is 38.7 Å². The van der Waals surface area contributed by atoms with Gasteiger partial charge in [0, 0.05) is 13.1 Å². The Labute approximate surface area is 143 Å². The van der Waals surface area contributed by atoms with Crippen LogP contribution in [0, 0.1) is 11.8 Å². The highest BCUT2D eigenvalue weighted by Gasteiger charge is 2.36. The number of carbonyl (C=O) groups is 2. The number of piperidine rings is 1. The second-order valence-electron chi connectivity index (χ2n) is 7.39. The molecule has 1 saturated heterocycles. The fourth-order valence-electron chi connectivity index (χ4n) is 2.85. The Morgan fingerprint density at radius 3 is 2.46 bits per heavy atom. The molecule has 0 N–H and O–H groups in total. The van der Waals surface area contributed by atoms with E-state index in [0.717, 1.165) is 5.56 Å². The van der Waals surface area contributed by atoms with Crippen LogP contribution < -0.4 is 0 Å². The highest BCUT2D eigenvalue weighted by molar-refractivity contribution is 5.74. The van der Waals surface area contributed by atoms with Crippen LogP contribution in [0.15, 0.2) is 30.3 Å². The molecular formula is C19H27NO4. The molecule has 2 atom stereocenters. The molecule has 1 heterocycles. The molecule has 2 rings (SSSR count). The van der Waals surface area contributed by atoms with Crippen molar-refractivity contribution < 1.29 is 19.1 Å². The number of likely N-dealkylation sites (tertiary alicyclic amines) is 1. The third kappa shape index (κ3) is 5.25. The van der Waals surface area contributed by atoms with Crippen molar-refractivity contribution in [3.63, 3.8) is 0 Å². The van der Waals surface area contributed by atoms with E-state index in [1.165, 1.54) is 0 Å². The maximum absolute atomic E-state index is 12.3. The Bertz CT molecular complexity index is 564. The van der Waals surface area contributed by atoms with Crippen molar-refractivity contribution in [2.45, 2.75) is 46.3 Å². The Morgan fingerprint density at radius 1 is 1.21 bits per heavy atom. The van der Waals surface area contributed by atoms with Gasteiger partial charge in [0.15, 0.2) is 0 Å². The van der Waals surface area contributed by atoms with Gasteiger partial charge in [0.2, 0.25) is 0 Å². The molecule has 1 aromatic rings. The normalized spacial score (nSPS) is 21.2. The Hall–Kier alpha value is -2.04. The van der Waals surface area contributed by atoms with Gasteiger partial charge in [0.05, 0.1) is 5.92 Å². The zero-order valence-electron chi connectivity index (χ0n) is 15.0. The molecule has 132 valence electrons. The molecule has 0 spiro atoms. The van der Waals surface area contributed by atoms with Crippen molar-refractivity contribution in [2.75, 3.05) is 13.1 Å². The summed E-state index contributed by atoms with van der Waals surface area (Å²) in [5, 5.41) is 0. The first-order chi connectivity index (χ1) is 11.3. The van der Waals surface area contributed by atoms with Crippen LogP contribution in [0.2, 0.25) is 0 Å². The quantitative estimate of drug-likeness (QED) is 0.793. The molecule has 0 unspecified atom stereocenters. The topological polar surface area (TPSA) is 55.8 Å². The second kappa shape index (κ2) is 7.69. The molecular weight excluding hydrogens is 306 g/mol. The highest BCUT2D eigenvalue weighted by atomic mass is 16.6. The van der Waals surface area contributed by atoms with Crippen molar-refractivity contribution in [3.05, 3.63) is 35.9 Å². The van der Waals surface area contributed by atoms with Crippen LogP contribution in [0.1, 0.15) is 39.7 Å². The maximum atomic E-state index is 12.3. The summed E-state index contributed by atoms with van der Waals surface area (Å²) in [6.45, 7) is 8.87. The number of hydrogen-bond donors (Lipinski definition) is 0. The van der Waals surface area contributed by atoms with Crippen LogP contribution in [0.4, 0.5) is 4.79 Å². The van der Waals surface area contributed by atoms with Crippen LogP contribution in [-0.2, 0) is 20.9 Å². The lowest BCUT2D eigenvalue weighted by Gasteiger charge is -2.36. The Kier molecular flexibility index (Phi) is 5.86. The number of ether oxygens (including phenoxy) is 2. The molecule has 0 aliphatic carbocycles. The number of esters is 1. The van der Waals surface area contributed by atoms with Crippen LogP contribution in [0.25, 0.3) is 0 Å². The van der Waals surface area contributed by atoms with Gasteiger partial charge >= 0.3 is 12.1 Å². The molecule has 0 bridgehead atoms. The van der Waals surface area contributed by atoms with Gasteiger partial charge in [-0.3, -0.25) is 4.79 Å². The summed E-state index contributed by atoms with van der Waals surface area (Å²) in [7, 11) is 0. The molecule has 1 fully saturated rings. The summed E-state index contributed by atoms with van der Waals surface area (Å²) in [5.74, 6) is -0.285. The molecule has 5 nitrogen and oxygen atoms in total. The number of hydrogen-bond acceptors (Lipinski definition) is 4. The van der Waals surface area contributed by atoms with E-state index in [9.17, 15) is 9.59 Å². The second-order valence-corrected chi connectivity index (χ2v) is 7.39. The molecule has 0 radical (unpaired) electrons. The highest BCUT2D eigenvalue weighted by Crippen LogP contribution is 2.26. The molecule has 1 aromatic carbocycles. The lowest BCUT2D eigenvalue weighted by Crippen LogP contribution is -2.46. The predicted octanol–water partition coefficient (Wildman–Crippen LogP) is 3.62. The van der Waals surface area contributed by atoms with Gasteiger partial charge in [0.25, 0.3) is 0 Å². The fourth-order valence-corrected chi connectivity index (χ4v) is 2.85. The third-order valence-electron chi connectivity index (χ3n) is 4.08. The van der Waals surface area contributed by atoms with Gasteiger partial charge in [0.1, 0.15) is 12.2 Å². The van der Waals surface area contributed by atoms with Crippen molar-refractivity contribution in [1.82, 2.24) is 4.90 Å². The van der Waals surface area contributed by atoms with Gasteiger partial charge in [-0.25, -0.2) is 4.79 Å². The predicted molar refractivity (Wildman–Crippen MR) is 91.3 cm³/mol. The van der Waals surface area contributed by atoms with E-state index in [0.29, 0.717) is 19.5 Å². The number of nitrogens with zero attached hydrogens (tertiary/aromatic N) is 1. The van der Waals surface area contributed by atoms with E-state index in [4.69, 9.17) is 9.47 Å². The van der Waals surface area contributed by atoms with Crippen molar-refractivity contribution in [2.24, 2.45) is 11.8 Å². The zero-order valence-corrected chi connectivity index (χ0v) is 15.0. The van der Waals surface area contributed by atoms with E-state index in [-0.39, 0.29) is 30.5 Å². The number of rotatable bonds is 3. The van der Waals surface area contributed by atoms with Gasteiger partial charge in [-0.15, -0.1) is 0 Å². The summed E-state index contributed by atoms with van der Waals surface area (Å²) in [6.07, 6.45) is 0.282. The average molecular weight is 333 g/mol. The van der Waals surface area contributed by atoms with E-state index < -0.39 is 5.60 Å². The summed E-state index contributed by atoms with van der Waals surface area (Å²) < 4.78 is 10.8. The summed E-state index contributed by atoms with van der Waals surface area (Å²) in [4.78, 5) is 26.1. The van der Waals surface area contributed by atoms with Crippen LogP contribution >= 0.6 is 0 Å². The van der Waals surface area contributed by atoms with Gasteiger partial charge < -0.3 is 14.4 Å². The molecule has 0 aromatic heterocycles. The van der Waals surface area contributed by atoms with Crippen molar-refractivity contribution >= 4 is 12.1 Å². The van der Waals surface area contributed by atoms with Crippen LogP contribution in [-0.4, -0.2) is 35.7 Å². The standard InChI is InChI=1S/C19H27NO4/c1-14-12-20(11-10-16(14)17(21)24-19(2,3)4)18(22)23-13-15-8-6-5-7-9-15/h5-9,14,16H,10-13H2,1-4H3/t14-,16+/m1/s1. The Morgan fingerprint density at radius 2 is 1.88 bits per heavy atom. The number of benzene rings is 1. The maximum Gasteiger partial charge on any atom is 0.410 e. The zero-order chi connectivity index (χ0) is 17.7. The largest absolute Gasteiger partial charge is 0.460 e. The van der Waals surface area contributed by atoms with Crippen LogP contribution in [0.3, 0.4) is 0 Å². The minimum Gasteiger partial charge on any atom is -0.460 e. The summed E-state index contributed by atoms with van der Waals surface area (Å²) >= 11 is 0. The molecule has 1 amide bonds. The van der Waals surface area contributed by atoms with Crippen LogP contribution in [0.5, 0.6) is 0 Å². The van der Waals surface area contributed by atoms with E-state index in [1.54, 1.807) is 4.90 Å². The smallest absolute Gasteiger partial charge is 0.410 e. The first kappa shape index (κ1) is 18.3. The van der Waals surface area contributed by atoms with Gasteiger partial charge in [-0.1, -0.05) is 37.3 Å². The molecule has 1 aliphatic rings. The first-order valence-electron chi connectivity index (χ1n) is 8.45. The minimum atomic E-state index is -0.484. The lowest BCUT2D eigenvalue weighted by molar-refractivity contribution is -0.163. The summed E-state index contributed by atoms with van der Waals surface area (Å²) in [6, 6.07) is 9.60. The first-order valence-corrected chi connectivity index (χ1v) is 8.45. The molecule has 5 heteroatoms. The SMILES string of the molecule is C[C@@H]1CN(C(=O)OCc2ccccc2)CC[C@@H]1C(=O)OC(C)(C)C. The van der Waals surface area contributed by atoms with Crippen molar-refractivity contribution in [3.8, 4) is 0 Å². The number of amides is 1. The molecule has 1 aliphatic heterocycles. The van der Waals surface area contributed by atoms with E-state index in [2.05, 4.69) is 0 Å². The molecule has 24 heavy (non-hydrogen) atoms. The van der Waals surface area contributed by atoms with E-state index >= 15 is 0 Å². The third-order valence-corrected chi connectivity index (χ3v) is 4.08. The monoisotopic (exact) mass is 333 g/mol. The van der Waals surface area contributed by atoms with Gasteiger partial charge in [-0.2, -0.15) is 0 Å². The fraction of sp³-hybridized carbons (Fsp3) is 0.579. The van der Waals surface area contributed by atoms with Crippen molar-refractivity contribution in [1.29, 1.82) is 0 Å². The lowest BCUT2D eigenvalue weighted by atomic mass is 9.87. The number of carbonyl (C=O) groups excluding carboxylic acids is 2. The summed E-state index contributed by atoms with van der Waals surface area (Å²) in [5.41, 5.74) is 0.477. The molecule has 0 saturated carbocycles.